The van der Waals surface area contributed by atoms with Gasteiger partial charge >= 0.3 is 0 Å². The number of hydrogen-bond donors (Lipinski definition) is 1. The second kappa shape index (κ2) is 7.12. The van der Waals surface area contributed by atoms with E-state index in [1.54, 1.807) is 18.3 Å². The fraction of sp³-hybridized carbons (Fsp3) is 0.278. The van der Waals surface area contributed by atoms with E-state index in [2.05, 4.69) is 29.4 Å². The van der Waals surface area contributed by atoms with Gasteiger partial charge in [-0.25, -0.2) is 4.68 Å². The van der Waals surface area contributed by atoms with Gasteiger partial charge in [0.05, 0.1) is 12.2 Å². The second-order valence-corrected chi connectivity index (χ2v) is 5.53. The number of benzene rings is 1. The largest absolute Gasteiger partial charge is 0.350 e. The third-order valence-corrected chi connectivity index (χ3v) is 4.00. The van der Waals surface area contributed by atoms with Crippen LogP contribution in [0.2, 0.25) is 0 Å². The molecule has 1 N–H and O–H groups in total. The molecule has 0 radical (unpaired) electrons. The number of carbonyl (C=O) groups excluding carboxylic acids is 1. The quantitative estimate of drug-likeness (QED) is 0.739. The number of carbonyl (C=O) groups is 1. The van der Waals surface area contributed by atoms with Crippen LogP contribution in [0.3, 0.4) is 0 Å². The summed E-state index contributed by atoms with van der Waals surface area (Å²) in [6, 6.07) is 13.3. The number of amides is 1. The van der Waals surface area contributed by atoms with Crippen LogP contribution in [-0.2, 0) is 0 Å². The summed E-state index contributed by atoms with van der Waals surface area (Å²) in [7, 11) is 0. The summed E-state index contributed by atoms with van der Waals surface area (Å²) in [5.41, 5.74) is 1.54. The Balaban J connectivity index is 1.77. The van der Waals surface area contributed by atoms with E-state index < -0.39 is 0 Å². The SMILES string of the molecule is CCC(CC)n1nccc1NC(=O)c1cc(-c2ccccc2)no1. The van der Waals surface area contributed by atoms with Gasteiger partial charge in [-0.15, -0.1) is 0 Å². The van der Waals surface area contributed by atoms with Gasteiger partial charge in [0.1, 0.15) is 11.5 Å². The molecule has 0 bridgehead atoms. The molecule has 0 aliphatic carbocycles. The van der Waals surface area contributed by atoms with Crippen molar-refractivity contribution in [3.8, 4) is 11.3 Å². The number of nitrogens with one attached hydrogen (secondary N) is 1. The summed E-state index contributed by atoms with van der Waals surface area (Å²) < 4.78 is 7.03. The van der Waals surface area contributed by atoms with Crippen molar-refractivity contribution >= 4 is 11.7 Å². The fourth-order valence-electron chi connectivity index (χ4n) is 2.64. The zero-order valence-corrected chi connectivity index (χ0v) is 13.8. The number of rotatable bonds is 6. The lowest BCUT2D eigenvalue weighted by atomic mass is 10.1. The molecule has 0 saturated carbocycles. The highest BCUT2D eigenvalue weighted by Crippen LogP contribution is 2.22. The van der Waals surface area contributed by atoms with Gasteiger partial charge in [-0.1, -0.05) is 49.3 Å². The van der Waals surface area contributed by atoms with Crippen LogP contribution in [0.4, 0.5) is 5.82 Å². The highest BCUT2D eigenvalue weighted by molar-refractivity contribution is 6.02. The van der Waals surface area contributed by atoms with E-state index in [4.69, 9.17) is 4.52 Å². The molecular formula is C18H20N4O2. The third-order valence-electron chi connectivity index (χ3n) is 4.00. The Bertz CT molecular complexity index is 803. The van der Waals surface area contributed by atoms with E-state index in [-0.39, 0.29) is 17.7 Å². The molecule has 6 heteroatoms. The van der Waals surface area contributed by atoms with Crippen molar-refractivity contribution in [2.45, 2.75) is 32.7 Å². The van der Waals surface area contributed by atoms with E-state index >= 15 is 0 Å². The van der Waals surface area contributed by atoms with Crippen LogP contribution >= 0.6 is 0 Å². The molecule has 1 aromatic carbocycles. The topological polar surface area (TPSA) is 73.0 Å². The summed E-state index contributed by atoms with van der Waals surface area (Å²) in [6.45, 7) is 4.20. The summed E-state index contributed by atoms with van der Waals surface area (Å²) >= 11 is 0. The maximum atomic E-state index is 12.4. The van der Waals surface area contributed by atoms with Crippen molar-refractivity contribution < 1.29 is 9.32 Å². The van der Waals surface area contributed by atoms with Gasteiger partial charge < -0.3 is 9.84 Å². The van der Waals surface area contributed by atoms with Gasteiger partial charge in [0.15, 0.2) is 0 Å². The maximum Gasteiger partial charge on any atom is 0.295 e. The molecule has 124 valence electrons. The minimum atomic E-state index is -0.336. The lowest BCUT2D eigenvalue weighted by Gasteiger charge is -2.16. The summed E-state index contributed by atoms with van der Waals surface area (Å²) in [5, 5.41) is 11.1. The van der Waals surface area contributed by atoms with Crippen molar-refractivity contribution in [1.29, 1.82) is 0 Å². The molecule has 0 fully saturated rings. The van der Waals surface area contributed by atoms with Crippen LogP contribution in [-0.4, -0.2) is 20.8 Å². The summed E-state index contributed by atoms with van der Waals surface area (Å²) in [6.07, 6.45) is 3.58. The van der Waals surface area contributed by atoms with E-state index in [0.717, 1.165) is 18.4 Å². The average Bonchev–Trinajstić information content (AvgIpc) is 3.27. The first-order chi connectivity index (χ1) is 11.7. The van der Waals surface area contributed by atoms with Gasteiger partial charge in [0.25, 0.3) is 5.91 Å². The van der Waals surface area contributed by atoms with Crippen molar-refractivity contribution in [3.63, 3.8) is 0 Å². The van der Waals surface area contributed by atoms with Crippen molar-refractivity contribution in [2.24, 2.45) is 0 Å². The highest BCUT2D eigenvalue weighted by atomic mass is 16.5. The van der Waals surface area contributed by atoms with E-state index in [1.165, 1.54) is 0 Å². The fourth-order valence-corrected chi connectivity index (χ4v) is 2.64. The first kappa shape index (κ1) is 16.0. The molecule has 0 spiro atoms. The zero-order valence-electron chi connectivity index (χ0n) is 13.8. The average molecular weight is 324 g/mol. The predicted octanol–water partition coefficient (Wildman–Crippen LogP) is 4.15. The Morgan fingerprint density at radius 2 is 1.96 bits per heavy atom. The normalized spacial score (nSPS) is 11.0. The van der Waals surface area contributed by atoms with Gasteiger partial charge in [0.2, 0.25) is 5.76 Å². The van der Waals surface area contributed by atoms with Crippen molar-refractivity contribution in [1.82, 2.24) is 14.9 Å². The number of aromatic nitrogens is 3. The molecule has 24 heavy (non-hydrogen) atoms. The van der Waals surface area contributed by atoms with Gasteiger partial charge in [-0.05, 0) is 12.8 Å². The summed E-state index contributed by atoms with van der Waals surface area (Å²) in [5.74, 6) is 0.495. The van der Waals surface area contributed by atoms with Crippen molar-refractivity contribution in [3.05, 3.63) is 54.4 Å². The molecule has 2 aromatic heterocycles. The molecule has 2 heterocycles. The minimum absolute atomic E-state index is 0.172. The molecule has 3 rings (SSSR count). The molecule has 0 unspecified atom stereocenters. The number of hydrogen-bond acceptors (Lipinski definition) is 4. The van der Waals surface area contributed by atoms with E-state index in [0.29, 0.717) is 11.5 Å². The molecule has 0 atom stereocenters. The first-order valence-electron chi connectivity index (χ1n) is 8.10. The van der Waals surface area contributed by atoms with Crippen LogP contribution in [0.25, 0.3) is 11.3 Å². The van der Waals surface area contributed by atoms with Crippen LogP contribution in [0, 0.1) is 0 Å². The lowest BCUT2D eigenvalue weighted by Crippen LogP contribution is -2.18. The highest BCUT2D eigenvalue weighted by Gasteiger charge is 2.18. The molecule has 0 aliphatic heterocycles. The molecule has 6 nitrogen and oxygen atoms in total. The Morgan fingerprint density at radius 3 is 2.67 bits per heavy atom. The summed E-state index contributed by atoms with van der Waals surface area (Å²) in [4.78, 5) is 12.4. The van der Waals surface area contributed by atoms with Crippen molar-refractivity contribution in [2.75, 3.05) is 5.32 Å². The van der Waals surface area contributed by atoms with Crippen LogP contribution in [0.1, 0.15) is 43.3 Å². The predicted molar refractivity (Wildman–Crippen MR) is 91.7 cm³/mol. The standard InChI is InChI=1S/C18H20N4O2/c1-3-14(4-2)22-17(10-11-19-22)20-18(23)16-12-15(21-24-16)13-8-6-5-7-9-13/h5-12,14H,3-4H2,1-2H3,(H,20,23). The molecule has 3 aromatic rings. The molecular weight excluding hydrogens is 304 g/mol. The van der Waals surface area contributed by atoms with Gasteiger partial charge in [-0.2, -0.15) is 5.10 Å². The van der Waals surface area contributed by atoms with Crippen LogP contribution in [0.5, 0.6) is 0 Å². The lowest BCUT2D eigenvalue weighted by molar-refractivity contribution is 0.0986. The van der Waals surface area contributed by atoms with Crippen LogP contribution < -0.4 is 5.32 Å². The Morgan fingerprint density at radius 1 is 1.21 bits per heavy atom. The molecule has 0 saturated heterocycles. The number of nitrogens with zero attached hydrogens (tertiary/aromatic N) is 3. The van der Waals surface area contributed by atoms with Crippen LogP contribution in [0.15, 0.2) is 53.2 Å². The van der Waals surface area contributed by atoms with Gasteiger partial charge in [0, 0.05) is 17.7 Å². The first-order valence-corrected chi connectivity index (χ1v) is 8.10. The molecule has 0 aliphatic rings. The number of anilines is 1. The smallest absolute Gasteiger partial charge is 0.295 e. The Kier molecular flexibility index (Phi) is 4.74. The van der Waals surface area contributed by atoms with Gasteiger partial charge in [-0.3, -0.25) is 4.79 Å². The molecule has 1 amide bonds. The Hall–Kier alpha value is -2.89. The third kappa shape index (κ3) is 3.22. The zero-order chi connectivity index (χ0) is 16.9. The van der Waals surface area contributed by atoms with E-state index in [9.17, 15) is 4.79 Å². The second-order valence-electron chi connectivity index (χ2n) is 5.53. The maximum absolute atomic E-state index is 12.4. The minimum Gasteiger partial charge on any atom is -0.350 e. The monoisotopic (exact) mass is 324 g/mol. The van der Waals surface area contributed by atoms with E-state index in [1.807, 2.05) is 35.0 Å². The Labute approximate surface area is 140 Å².